The Bertz CT molecular complexity index is 334. The molecule has 1 heterocycles. The summed E-state index contributed by atoms with van der Waals surface area (Å²) in [4.78, 5) is 2.51. The number of benzene rings is 1. The standard InChI is InChI=1S/C14H20N2/c15-14-8-6-13(7-9-14)5-4-12-16-10-2-1-3-11-16/h4-9H,1-3,10-12,15H2. The first kappa shape index (κ1) is 11.2. The third-order valence-corrected chi connectivity index (χ3v) is 3.06. The minimum absolute atomic E-state index is 0.827. The maximum atomic E-state index is 5.64. The van der Waals surface area contributed by atoms with E-state index in [1.807, 2.05) is 12.1 Å². The summed E-state index contributed by atoms with van der Waals surface area (Å²) >= 11 is 0. The van der Waals surface area contributed by atoms with Crippen LogP contribution in [0.3, 0.4) is 0 Å². The molecule has 2 nitrogen and oxygen atoms in total. The molecule has 16 heavy (non-hydrogen) atoms. The van der Waals surface area contributed by atoms with Crippen LogP contribution < -0.4 is 5.73 Å². The predicted molar refractivity (Wildman–Crippen MR) is 70.2 cm³/mol. The summed E-state index contributed by atoms with van der Waals surface area (Å²) < 4.78 is 0. The summed E-state index contributed by atoms with van der Waals surface area (Å²) in [6.07, 6.45) is 8.54. The molecule has 1 aromatic carbocycles. The van der Waals surface area contributed by atoms with Gasteiger partial charge in [-0.05, 0) is 43.6 Å². The molecule has 1 aliphatic heterocycles. The fourth-order valence-corrected chi connectivity index (χ4v) is 2.09. The highest BCUT2D eigenvalue weighted by Crippen LogP contribution is 2.10. The van der Waals surface area contributed by atoms with Gasteiger partial charge in [0, 0.05) is 12.2 Å². The molecule has 0 amide bonds. The van der Waals surface area contributed by atoms with Gasteiger partial charge in [0.05, 0.1) is 0 Å². The number of hydrogen-bond acceptors (Lipinski definition) is 2. The van der Waals surface area contributed by atoms with Crippen LogP contribution >= 0.6 is 0 Å². The van der Waals surface area contributed by atoms with Gasteiger partial charge in [0.1, 0.15) is 0 Å². The molecule has 0 unspecified atom stereocenters. The van der Waals surface area contributed by atoms with Gasteiger partial charge in [-0.3, -0.25) is 4.90 Å². The topological polar surface area (TPSA) is 29.3 Å². The smallest absolute Gasteiger partial charge is 0.0314 e. The van der Waals surface area contributed by atoms with E-state index >= 15 is 0 Å². The number of rotatable bonds is 3. The largest absolute Gasteiger partial charge is 0.399 e. The van der Waals surface area contributed by atoms with Gasteiger partial charge < -0.3 is 5.73 Å². The van der Waals surface area contributed by atoms with Crippen LogP contribution in [0.25, 0.3) is 6.08 Å². The van der Waals surface area contributed by atoms with Crippen LogP contribution in [-0.4, -0.2) is 24.5 Å². The molecule has 2 heteroatoms. The lowest BCUT2D eigenvalue weighted by molar-refractivity contribution is 0.252. The Hall–Kier alpha value is -1.28. The first-order valence-electron chi connectivity index (χ1n) is 6.09. The first-order valence-corrected chi connectivity index (χ1v) is 6.09. The van der Waals surface area contributed by atoms with Gasteiger partial charge in [-0.15, -0.1) is 0 Å². The molecule has 1 aromatic rings. The molecule has 0 atom stereocenters. The number of piperidine rings is 1. The Morgan fingerprint density at radius 3 is 2.44 bits per heavy atom. The summed E-state index contributed by atoms with van der Waals surface area (Å²) in [6, 6.07) is 8.01. The minimum atomic E-state index is 0.827. The van der Waals surface area contributed by atoms with Crippen molar-refractivity contribution in [3.63, 3.8) is 0 Å². The molecule has 0 aromatic heterocycles. The highest BCUT2D eigenvalue weighted by molar-refractivity contribution is 5.53. The summed E-state index contributed by atoms with van der Waals surface area (Å²) in [5.74, 6) is 0. The third-order valence-electron chi connectivity index (χ3n) is 3.06. The Morgan fingerprint density at radius 1 is 1.06 bits per heavy atom. The van der Waals surface area contributed by atoms with Crippen molar-refractivity contribution in [2.75, 3.05) is 25.4 Å². The minimum Gasteiger partial charge on any atom is -0.399 e. The van der Waals surface area contributed by atoms with Gasteiger partial charge in [0.25, 0.3) is 0 Å². The first-order chi connectivity index (χ1) is 7.84. The summed E-state index contributed by atoms with van der Waals surface area (Å²) in [5.41, 5.74) is 7.69. The molecule has 0 radical (unpaired) electrons. The van der Waals surface area contributed by atoms with Crippen LogP contribution in [0.5, 0.6) is 0 Å². The highest BCUT2D eigenvalue weighted by Gasteiger charge is 2.07. The molecule has 1 fully saturated rings. The maximum absolute atomic E-state index is 5.64. The maximum Gasteiger partial charge on any atom is 0.0314 e. The average Bonchev–Trinajstić information content (AvgIpc) is 2.33. The van der Waals surface area contributed by atoms with E-state index in [0.717, 1.165) is 12.2 Å². The van der Waals surface area contributed by atoms with Crippen LogP contribution in [0.2, 0.25) is 0 Å². The zero-order chi connectivity index (χ0) is 11.2. The van der Waals surface area contributed by atoms with Gasteiger partial charge >= 0.3 is 0 Å². The van der Waals surface area contributed by atoms with Crippen LogP contribution in [-0.2, 0) is 0 Å². The predicted octanol–water partition coefficient (Wildman–Crippen LogP) is 2.77. The molecule has 2 rings (SSSR count). The molecule has 0 saturated carbocycles. The van der Waals surface area contributed by atoms with Crippen LogP contribution in [0.1, 0.15) is 24.8 Å². The van der Waals surface area contributed by atoms with Gasteiger partial charge in [-0.25, -0.2) is 0 Å². The third kappa shape index (κ3) is 3.38. The molecule has 0 aliphatic carbocycles. The van der Waals surface area contributed by atoms with Gasteiger partial charge in [0.2, 0.25) is 0 Å². The molecule has 0 bridgehead atoms. The van der Waals surface area contributed by atoms with Crippen LogP contribution in [0.4, 0.5) is 5.69 Å². The molecular weight excluding hydrogens is 196 g/mol. The van der Waals surface area contributed by atoms with Crippen molar-refractivity contribution in [1.82, 2.24) is 4.90 Å². The normalized spacial score (nSPS) is 18.0. The van der Waals surface area contributed by atoms with Crippen LogP contribution in [0, 0.1) is 0 Å². The molecule has 86 valence electrons. The summed E-state index contributed by atoms with van der Waals surface area (Å²) in [6.45, 7) is 3.59. The van der Waals surface area contributed by atoms with Gasteiger partial charge in [-0.2, -0.15) is 0 Å². The van der Waals surface area contributed by atoms with Gasteiger partial charge in [0.15, 0.2) is 0 Å². The quantitative estimate of drug-likeness (QED) is 0.787. The van der Waals surface area contributed by atoms with E-state index in [4.69, 9.17) is 5.73 Å². The number of likely N-dealkylation sites (tertiary alicyclic amines) is 1. The van der Waals surface area contributed by atoms with Gasteiger partial charge in [-0.1, -0.05) is 30.7 Å². The second-order valence-corrected chi connectivity index (χ2v) is 4.43. The number of anilines is 1. The molecule has 1 saturated heterocycles. The Labute approximate surface area is 97.8 Å². The van der Waals surface area contributed by atoms with Crippen molar-refractivity contribution >= 4 is 11.8 Å². The van der Waals surface area contributed by atoms with E-state index in [1.54, 1.807) is 0 Å². The lowest BCUT2D eigenvalue weighted by Gasteiger charge is -2.24. The zero-order valence-corrected chi connectivity index (χ0v) is 9.73. The molecule has 0 spiro atoms. The second kappa shape index (κ2) is 5.71. The second-order valence-electron chi connectivity index (χ2n) is 4.43. The van der Waals surface area contributed by atoms with Crippen molar-refractivity contribution in [3.8, 4) is 0 Å². The summed E-state index contributed by atoms with van der Waals surface area (Å²) in [7, 11) is 0. The zero-order valence-electron chi connectivity index (χ0n) is 9.73. The Morgan fingerprint density at radius 2 is 1.75 bits per heavy atom. The number of nitrogens with two attached hydrogens (primary N) is 1. The van der Waals surface area contributed by atoms with E-state index in [0.29, 0.717) is 0 Å². The fraction of sp³-hybridized carbons (Fsp3) is 0.429. The highest BCUT2D eigenvalue weighted by atomic mass is 15.1. The summed E-state index contributed by atoms with van der Waals surface area (Å²) in [5, 5.41) is 0. The SMILES string of the molecule is Nc1ccc(C=CCN2CCCCC2)cc1. The average molecular weight is 216 g/mol. The van der Waals surface area contributed by atoms with E-state index in [2.05, 4.69) is 29.2 Å². The lowest BCUT2D eigenvalue weighted by atomic mass is 10.1. The number of nitrogens with zero attached hydrogens (tertiary/aromatic N) is 1. The van der Waals surface area contributed by atoms with Crippen molar-refractivity contribution in [2.45, 2.75) is 19.3 Å². The van der Waals surface area contributed by atoms with Crippen molar-refractivity contribution in [2.24, 2.45) is 0 Å². The fourth-order valence-electron chi connectivity index (χ4n) is 2.09. The Balaban J connectivity index is 1.82. The molecular formula is C14H20N2. The van der Waals surface area contributed by atoms with Crippen molar-refractivity contribution in [3.05, 3.63) is 35.9 Å². The number of hydrogen-bond donors (Lipinski definition) is 1. The number of nitrogen functional groups attached to an aromatic ring is 1. The van der Waals surface area contributed by atoms with E-state index in [9.17, 15) is 0 Å². The monoisotopic (exact) mass is 216 g/mol. The van der Waals surface area contributed by atoms with Crippen molar-refractivity contribution < 1.29 is 0 Å². The van der Waals surface area contributed by atoms with E-state index in [-0.39, 0.29) is 0 Å². The molecule has 2 N–H and O–H groups in total. The van der Waals surface area contributed by atoms with E-state index in [1.165, 1.54) is 37.9 Å². The van der Waals surface area contributed by atoms with E-state index < -0.39 is 0 Å². The van der Waals surface area contributed by atoms with Crippen molar-refractivity contribution in [1.29, 1.82) is 0 Å². The molecule has 1 aliphatic rings. The lowest BCUT2D eigenvalue weighted by Crippen LogP contribution is -2.29. The Kier molecular flexibility index (Phi) is 4.00. The van der Waals surface area contributed by atoms with Crippen LogP contribution in [0.15, 0.2) is 30.3 Å².